The number of ether oxygens (including phenoxy) is 1. The average Bonchev–Trinajstić information content (AvgIpc) is 2.53. The monoisotopic (exact) mass is 345 g/mol. The van der Waals surface area contributed by atoms with Gasteiger partial charge in [0, 0.05) is 5.56 Å². The normalized spacial score (nSPS) is 15.1. The average molecular weight is 345 g/mol. The lowest BCUT2D eigenvalue weighted by atomic mass is 9.89. The van der Waals surface area contributed by atoms with Crippen LogP contribution < -0.4 is 9.88 Å². The number of hydrogen-bond acceptors (Lipinski definition) is 5. The Labute approximate surface area is 143 Å². The van der Waals surface area contributed by atoms with Crippen molar-refractivity contribution in [2.45, 2.75) is 19.4 Å². The highest BCUT2D eigenvalue weighted by Gasteiger charge is 2.28. The number of nitrogens with two attached hydrogens (primary N) is 1. The summed E-state index contributed by atoms with van der Waals surface area (Å²) in [7, 11) is 0. The smallest absolute Gasteiger partial charge is 0.351 e. The SMILES string of the molecule is CC1(C)C=C(c2ccc(F)cc2)c2ccc(C(=O)OSN)cc2O1. The molecule has 0 saturated carbocycles. The molecule has 0 unspecified atom stereocenters. The first-order valence-corrected chi connectivity index (χ1v) is 8.10. The zero-order chi connectivity index (χ0) is 17.3. The summed E-state index contributed by atoms with van der Waals surface area (Å²) in [6.45, 7) is 3.83. The molecule has 1 aliphatic heterocycles. The van der Waals surface area contributed by atoms with Crippen LogP contribution in [0.15, 0.2) is 48.5 Å². The molecule has 4 nitrogen and oxygen atoms in total. The third-order valence-corrected chi connectivity index (χ3v) is 3.90. The van der Waals surface area contributed by atoms with Gasteiger partial charge in [-0.3, -0.25) is 0 Å². The summed E-state index contributed by atoms with van der Waals surface area (Å²) in [5.74, 6) is -0.258. The largest absolute Gasteiger partial charge is 0.483 e. The van der Waals surface area contributed by atoms with Crippen LogP contribution in [0.4, 0.5) is 4.39 Å². The molecule has 0 saturated heterocycles. The topological polar surface area (TPSA) is 61.5 Å². The molecule has 1 heterocycles. The highest BCUT2D eigenvalue weighted by molar-refractivity contribution is 7.92. The van der Waals surface area contributed by atoms with Gasteiger partial charge in [-0.1, -0.05) is 12.1 Å². The zero-order valence-corrected chi connectivity index (χ0v) is 14.0. The van der Waals surface area contributed by atoms with Crippen molar-refractivity contribution in [2.75, 3.05) is 0 Å². The van der Waals surface area contributed by atoms with Crippen molar-refractivity contribution in [1.29, 1.82) is 0 Å². The van der Waals surface area contributed by atoms with Crippen LogP contribution >= 0.6 is 12.2 Å². The summed E-state index contributed by atoms with van der Waals surface area (Å²) in [6.07, 6.45) is 1.98. The Hall–Kier alpha value is -2.31. The third-order valence-electron chi connectivity index (χ3n) is 3.65. The van der Waals surface area contributed by atoms with Crippen molar-refractivity contribution in [3.63, 3.8) is 0 Å². The van der Waals surface area contributed by atoms with Gasteiger partial charge in [-0.25, -0.2) is 14.3 Å². The number of benzene rings is 2. The standard InChI is InChI=1S/C18H16FNO3S/c1-18(2)10-15(11-3-6-13(19)7-4-11)14-8-5-12(9-16(14)22-18)17(21)23-24-20/h3-10H,20H2,1-2H3. The van der Waals surface area contributed by atoms with Crippen LogP contribution in [0.5, 0.6) is 5.75 Å². The van der Waals surface area contributed by atoms with Gasteiger partial charge in [0.2, 0.25) is 0 Å². The number of carbonyl (C=O) groups is 1. The number of hydrogen-bond donors (Lipinski definition) is 1. The number of rotatable bonds is 3. The molecule has 2 aromatic carbocycles. The Morgan fingerprint density at radius 1 is 1.21 bits per heavy atom. The Morgan fingerprint density at radius 2 is 1.92 bits per heavy atom. The van der Waals surface area contributed by atoms with Gasteiger partial charge in [-0.05, 0) is 61.4 Å². The molecule has 0 spiro atoms. The summed E-state index contributed by atoms with van der Waals surface area (Å²) in [6, 6.07) is 11.4. The molecule has 0 amide bonds. The summed E-state index contributed by atoms with van der Waals surface area (Å²) < 4.78 is 23.9. The summed E-state index contributed by atoms with van der Waals surface area (Å²) in [5.41, 5.74) is 2.42. The highest BCUT2D eigenvalue weighted by Crippen LogP contribution is 2.40. The number of fused-ring (bicyclic) bond motifs is 1. The van der Waals surface area contributed by atoms with Crippen LogP contribution in [-0.2, 0) is 4.18 Å². The first-order chi connectivity index (χ1) is 11.4. The molecule has 6 heteroatoms. The second-order valence-electron chi connectivity index (χ2n) is 5.95. The van der Waals surface area contributed by atoms with E-state index in [1.165, 1.54) is 12.1 Å². The molecule has 0 atom stereocenters. The Kier molecular flexibility index (Phi) is 4.34. The third kappa shape index (κ3) is 3.29. The molecule has 124 valence electrons. The summed E-state index contributed by atoms with van der Waals surface area (Å²) in [5, 5.41) is 5.16. The van der Waals surface area contributed by atoms with Gasteiger partial charge in [-0.15, -0.1) is 0 Å². The molecular formula is C18H16FNO3S. The zero-order valence-electron chi connectivity index (χ0n) is 13.2. The maximum atomic E-state index is 13.2. The minimum absolute atomic E-state index is 0.289. The maximum absolute atomic E-state index is 13.2. The second kappa shape index (κ2) is 6.30. The van der Waals surface area contributed by atoms with Crippen molar-refractivity contribution in [2.24, 2.45) is 5.14 Å². The Bertz CT molecular complexity index is 816. The van der Waals surface area contributed by atoms with E-state index in [0.29, 0.717) is 23.5 Å². The Morgan fingerprint density at radius 3 is 2.58 bits per heavy atom. The summed E-state index contributed by atoms with van der Waals surface area (Å²) in [4.78, 5) is 11.8. The van der Waals surface area contributed by atoms with Crippen molar-refractivity contribution < 1.29 is 18.1 Å². The van der Waals surface area contributed by atoms with Crippen LogP contribution in [0.3, 0.4) is 0 Å². The molecular weight excluding hydrogens is 329 g/mol. The molecule has 0 aromatic heterocycles. The van der Waals surface area contributed by atoms with Crippen LogP contribution in [0.25, 0.3) is 5.57 Å². The van der Waals surface area contributed by atoms with Gasteiger partial charge in [0.25, 0.3) is 0 Å². The number of carbonyl (C=O) groups excluding carboxylic acids is 1. The first kappa shape index (κ1) is 16.5. The molecule has 0 radical (unpaired) electrons. The molecule has 2 N–H and O–H groups in total. The van der Waals surface area contributed by atoms with E-state index in [1.807, 2.05) is 19.9 Å². The molecule has 2 aromatic rings. The van der Waals surface area contributed by atoms with Crippen molar-refractivity contribution in [3.05, 3.63) is 71.0 Å². The molecule has 3 rings (SSSR count). The van der Waals surface area contributed by atoms with Gasteiger partial charge in [0.1, 0.15) is 29.4 Å². The lowest BCUT2D eigenvalue weighted by molar-refractivity contribution is 0.0766. The fourth-order valence-corrected chi connectivity index (χ4v) is 2.84. The minimum Gasteiger partial charge on any atom is -0.483 e. The van der Waals surface area contributed by atoms with Crippen molar-refractivity contribution in [3.8, 4) is 5.75 Å². The van der Waals surface area contributed by atoms with Crippen molar-refractivity contribution in [1.82, 2.24) is 0 Å². The van der Waals surface area contributed by atoms with Gasteiger partial charge >= 0.3 is 5.97 Å². The number of halogens is 1. The van der Waals surface area contributed by atoms with Crippen molar-refractivity contribution >= 4 is 23.8 Å². The van der Waals surface area contributed by atoms with Gasteiger partial charge in [0.15, 0.2) is 0 Å². The van der Waals surface area contributed by atoms with E-state index in [1.54, 1.807) is 30.3 Å². The van der Waals surface area contributed by atoms with Crippen LogP contribution in [-0.4, -0.2) is 11.6 Å². The lowest BCUT2D eigenvalue weighted by Gasteiger charge is -2.31. The molecule has 0 fully saturated rings. The fraction of sp³-hybridized carbons (Fsp3) is 0.167. The second-order valence-corrected chi connectivity index (χ2v) is 6.31. The minimum atomic E-state index is -0.568. The van der Waals surface area contributed by atoms with E-state index in [2.05, 4.69) is 0 Å². The quantitative estimate of drug-likeness (QED) is 0.670. The molecule has 1 aliphatic rings. The lowest BCUT2D eigenvalue weighted by Crippen LogP contribution is -2.29. The van der Waals surface area contributed by atoms with E-state index in [4.69, 9.17) is 14.1 Å². The highest BCUT2D eigenvalue weighted by atomic mass is 32.2. The van der Waals surface area contributed by atoms with Gasteiger partial charge in [-0.2, -0.15) is 0 Å². The van der Waals surface area contributed by atoms with Crippen LogP contribution in [0, 0.1) is 5.82 Å². The fourth-order valence-electron chi connectivity index (χ4n) is 2.65. The predicted molar refractivity (Wildman–Crippen MR) is 91.8 cm³/mol. The van der Waals surface area contributed by atoms with Crippen LogP contribution in [0.2, 0.25) is 0 Å². The first-order valence-electron chi connectivity index (χ1n) is 7.29. The molecule has 24 heavy (non-hydrogen) atoms. The van der Waals surface area contributed by atoms with Crippen LogP contribution in [0.1, 0.15) is 35.3 Å². The summed E-state index contributed by atoms with van der Waals surface area (Å²) >= 11 is 0.503. The van der Waals surface area contributed by atoms with E-state index in [0.717, 1.165) is 16.7 Å². The molecule has 0 aliphatic carbocycles. The van der Waals surface area contributed by atoms with Gasteiger partial charge < -0.3 is 8.92 Å². The van der Waals surface area contributed by atoms with E-state index >= 15 is 0 Å². The molecule has 0 bridgehead atoms. The maximum Gasteiger partial charge on any atom is 0.351 e. The predicted octanol–water partition coefficient (Wildman–Crippen LogP) is 4.11. The van der Waals surface area contributed by atoms with Gasteiger partial charge in [0.05, 0.1) is 5.56 Å². The Balaban J connectivity index is 2.07. The van der Waals surface area contributed by atoms with E-state index in [9.17, 15) is 9.18 Å². The van der Waals surface area contributed by atoms with E-state index < -0.39 is 11.6 Å². The van der Waals surface area contributed by atoms with E-state index in [-0.39, 0.29) is 5.82 Å².